The Balaban J connectivity index is 1.32. The van der Waals surface area contributed by atoms with E-state index in [0.29, 0.717) is 0 Å². The van der Waals surface area contributed by atoms with Crippen molar-refractivity contribution in [2.45, 2.75) is 59.0 Å². The topological polar surface area (TPSA) is 59.3 Å². The van der Waals surface area contributed by atoms with Crippen molar-refractivity contribution in [3.05, 3.63) is 53.5 Å². The average Bonchev–Trinajstić information content (AvgIpc) is 3.39. The monoisotopic (exact) mass is 470 g/mol. The van der Waals surface area contributed by atoms with Gasteiger partial charge in [-0.2, -0.15) is 5.26 Å². The van der Waals surface area contributed by atoms with Gasteiger partial charge in [0, 0.05) is 44.0 Å². The van der Waals surface area contributed by atoms with Crippen LogP contribution in [0.15, 0.2) is 36.5 Å². The SMILES string of the molecule is CC(C)(C)CN(Cc1ccc(C#CCN2CCC(N3CCCC3)CC2)cc1)c1ccnc(C#N)n1. The quantitative estimate of drug-likeness (QED) is 0.587. The number of aromatic nitrogens is 2. The molecular weight excluding hydrogens is 432 g/mol. The van der Waals surface area contributed by atoms with E-state index in [0.717, 1.165) is 50.1 Å². The maximum Gasteiger partial charge on any atom is 0.234 e. The van der Waals surface area contributed by atoms with Gasteiger partial charge in [-0.25, -0.2) is 9.97 Å². The van der Waals surface area contributed by atoms with Crippen LogP contribution in [0.1, 0.15) is 63.4 Å². The van der Waals surface area contributed by atoms with E-state index in [1.165, 1.54) is 44.3 Å². The minimum atomic E-state index is 0.0894. The Bertz CT molecular complexity index is 1060. The third-order valence-electron chi connectivity index (χ3n) is 6.81. The molecule has 2 saturated heterocycles. The molecule has 1 aromatic heterocycles. The molecule has 0 N–H and O–H groups in total. The fraction of sp³-hybridized carbons (Fsp3) is 0.552. The largest absolute Gasteiger partial charge is 0.352 e. The molecule has 0 bridgehead atoms. The van der Waals surface area contributed by atoms with Crippen molar-refractivity contribution in [3.8, 4) is 17.9 Å². The summed E-state index contributed by atoms with van der Waals surface area (Å²) in [6.07, 6.45) is 6.97. The molecule has 184 valence electrons. The molecular formula is C29H38N6. The van der Waals surface area contributed by atoms with Crippen molar-refractivity contribution >= 4 is 5.82 Å². The van der Waals surface area contributed by atoms with Crippen LogP contribution >= 0.6 is 0 Å². The Hall–Kier alpha value is -2.93. The lowest BCUT2D eigenvalue weighted by Gasteiger charge is -2.35. The van der Waals surface area contributed by atoms with E-state index in [4.69, 9.17) is 0 Å². The Morgan fingerprint density at radius 1 is 1.03 bits per heavy atom. The zero-order valence-electron chi connectivity index (χ0n) is 21.5. The number of likely N-dealkylation sites (tertiary alicyclic amines) is 2. The molecule has 1 aromatic carbocycles. The summed E-state index contributed by atoms with van der Waals surface area (Å²) in [6.45, 7) is 13.9. The number of hydrogen-bond acceptors (Lipinski definition) is 6. The summed E-state index contributed by atoms with van der Waals surface area (Å²) in [6, 6.07) is 13.2. The maximum absolute atomic E-state index is 9.20. The molecule has 2 fully saturated rings. The van der Waals surface area contributed by atoms with Gasteiger partial charge in [-0.15, -0.1) is 0 Å². The summed E-state index contributed by atoms with van der Waals surface area (Å²) in [5.74, 6) is 7.72. The van der Waals surface area contributed by atoms with Crippen molar-refractivity contribution in [1.82, 2.24) is 19.8 Å². The molecule has 2 aliphatic rings. The second-order valence-corrected chi connectivity index (χ2v) is 11.0. The Morgan fingerprint density at radius 2 is 1.74 bits per heavy atom. The minimum absolute atomic E-state index is 0.0894. The second kappa shape index (κ2) is 11.7. The number of hydrogen-bond donors (Lipinski definition) is 0. The third-order valence-corrected chi connectivity index (χ3v) is 6.81. The standard InChI is InChI=1S/C29H38N6/c1-29(2,3)23-35(28-12-15-31-27(21-30)32-28)22-25-10-8-24(9-11-25)7-6-16-33-19-13-26(14-20-33)34-17-4-5-18-34/h8-12,15,26H,4-5,13-14,16-20,22-23H2,1-3H3. The number of nitriles is 1. The summed E-state index contributed by atoms with van der Waals surface area (Å²) in [7, 11) is 0. The Kier molecular flexibility index (Phi) is 8.39. The molecule has 4 rings (SSSR count). The van der Waals surface area contributed by atoms with Gasteiger partial charge >= 0.3 is 0 Å². The average molecular weight is 471 g/mol. The zero-order chi connectivity index (χ0) is 24.7. The van der Waals surface area contributed by atoms with E-state index in [1.54, 1.807) is 6.20 Å². The van der Waals surface area contributed by atoms with Gasteiger partial charge in [-0.3, -0.25) is 4.90 Å². The van der Waals surface area contributed by atoms with Gasteiger partial charge in [0.15, 0.2) is 0 Å². The lowest BCUT2D eigenvalue weighted by atomic mass is 9.95. The van der Waals surface area contributed by atoms with Gasteiger partial charge in [0.2, 0.25) is 5.82 Å². The molecule has 0 atom stereocenters. The van der Waals surface area contributed by atoms with Crippen LogP contribution in [0.2, 0.25) is 0 Å². The summed E-state index contributed by atoms with van der Waals surface area (Å²) >= 11 is 0. The van der Waals surface area contributed by atoms with E-state index < -0.39 is 0 Å². The molecule has 0 unspecified atom stereocenters. The molecule has 2 aliphatic heterocycles. The predicted molar refractivity (Wildman–Crippen MR) is 141 cm³/mol. The summed E-state index contributed by atoms with van der Waals surface area (Å²) in [5, 5.41) is 9.20. The van der Waals surface area contributed by atoms with E-state index in [2.05, 4.69) is 81.5 Å². The van der Waals surface area contributed by atoms with Crippen LogP contribution in [-0.2, 0) is 6.54 Å². The first-order chi connectivity index (χ1) is 16.9. The van der Waals surface area contributed by atoms with Crippen molar-refractivity contribution in [3.63, 3.8) is 0 Å². The number of benzene rings is 1. The Morgan fingerprint density at radius 3 is 2.40 bits per heavy atom. The van der Waals surface area contributed by atoms with Gasteiger partial charge in [0.1, 0.15) is 11.9 Å². The summed E-state index contributed by atoms with van der Waals surface area (Å²) in [4.78, 5) is 15.9. The van der Waals surface area contributed by atoms with E-state index in [9.17, 15) is 5.26 Å². The smallest absolute Gasteiger partial charge is 0.234 e. The maximum atomic E-state index is 9.20. The molecule has 35 heavy (non-hydrogen) atoms. The lowest BCUT2D eigenvalue weighted by Crippen LogP contribution is -2.43. The van der Waals surface area contributed by atoms with Crippen LogP contribution in [0.4, 0.5) is 5.82 Å². The van der Waals surface area contributed by atoms with E-state index in [1.807, 2.05) is 12.1 Å². The van der Waals surface area contributed by atoms with Gasteiger partial charge < -0.3 is 9.80 Å². The molecule has 3 heterocycles. The molecule has 2 aromatic rings. The molecule has 0 saturated carbocycles. The van der Waals surface area contributed by atoms with Crippen LogP contribution in [0.25, 0.3) is 0 Å². The van der Waals surface area contributed by atoms with E-state index >= 15 is 0 Å². The Labute approximate surface area is 211 Å². The molecule has 0 radical (unpaired) electrons. The number of piperidine rings is 1. The van der Waals surface area contributed by atoms with Crippen LogP contribution in [0.5, 0.6) is 0 Å². The summed E-state index contributed by atoms with van der Waals surface area (Å²) in [5.41, 5.74) is 2.34. The number of anilines is 1. The van der Waals surface area contributed by atoms with Crippen molar-refractivity contribution in [2.75, 3.05) is 44.2 Å². The van der Waals surface area contributed by atoms with Gasteiger partial charge in [0.25, 0.3) is 0 Å². The highest BCUT2D eigenvalue weighted by Gasteiger charge is 2.25. The van der Waals surface area contributed by atoms with Gasteiger partial charge in [0.05, 0.1) is 6.54 Å². The molecule has 6 nitrogen and oxygen atoms in total. The van der Waals surface area contributed by atoms with Crippen LogP contribution < -0.4 is 4.90 Å². The van der Waals surface area contributed by atoms with Crippen LogP contribution in [0, 0.1) is 28.6 Å². The highest BCUT2D eigenvalue weighted by Crippen LogP contribution is 2.23. The first kappa shape index (κ1) is 25.2. The highest BCUT2D eigenvalue weighted by atomic mass is 15.2. The van der Waals surface area contributed by atoms with Gasteiger partial charge in [-0.05, 0) is 68.0 Å². The van der Waals surface area contributed by atoms with Gasteiger partial charge in [-0.1, -0.05) is 44.7 Å². The molecule has 6 heteroatoms. The number of rotatable bonds is 6. The first-order valence-electron chi connectivity index (χ1n) is 12.9. The third kappa shape index (κ3) is 7.52. The van der Waals surface area contributed by atoms with Crippen LogP contribution in [-0.4, -0.2) is 65.1 Å². The first-order valence-corrected chi connectivity index (χ1v) is 12.9. The van der Waals surface area contributed by atoms with Crippen LogP contribution in [0.3, 0.4) is 0 Å². The fourth-order valence-electron chi connectivity index (χ4n) is 5.09. The second-order valence-electron chi connectivity index (χ2n) is 11.0. The molecule has 0 amide bonds. The fourth-order valence-corrected chi connectivity index (χ4v) is 5.09. The predicted octanol–water partition coefficient (Wildman–Crippen LogP) is 4.31. The lowest BCUT2D eigenvalue weighted by molar-refractivity contribution is 0.136. The minimum Gasteiger partial charge on any atom is -0.352 e. The number of nitrogens with zero attached hydrogens (tertiary/aromatic N) is 6. The normalized spacial score (nSPS) is 17.5. The zero-order valence-corrected chi connectivity index (χ0v) is 21.5. The van der Waals surface area contributed by atoms with Crippen molar-refractivity contribution in [1.29, 1.82) is 5.26 Å². The van der Waals surface area contributed by atoms with Crippen molar-refractivity contribution < 1.29 is 0 Å². The van der Waals surface area contributed by atoms with Crippen molar-refractivity contribution in [2.24, 2.45) is 5.41 Å². The van der Waals surface area contributed by atoms with E-state index in [-0.39, 0.29) is 11.2 Å². The molecule has 0 aliphatic carbocycles. The molecule has 0 spiro atoms. The summed E-state index contributed by atoms with van der Waals surface area (Å²) < 4.78 is 0. The highest BCUT2D eigenvalue weighted by molar-refractivity contribution is 5.42.